The van der Waals surface area contributed by atoms with Crippen LogP contribution in [0.4, 0.5) is 18.9 Å². The highest BCUT2D eigenvalue weighted by atomic mass is 19.4. The molecule has 5 rings (SSSR count). The number of alkyl halides is 3. The van der Waals surface area contributed by atoms with Gasteiger partial charge in [0.25, 0.3) is 0 Å². The van der Waals surface area contributed by atoms with Gasteiger partial charge in [-0.25, -0.2) is 4.99 Å². The molecule has 11 heteroatoms. The van der Waals surface area contributed by atoms with E-state index in [2.05, 4.69) is 30.5 Å². The fourth-order valence-electron chi connectivity index (χ4n) is 4.04. The number of aliphatic imine (C=N–C) groups is 1. The number of nitrogens with zero attached hydrogens (tertiary/aromatic N) is 3. The Labute approximate surface area is 193 Å². The molecule has 0 saturated carbocycles. The van der Waals surface area contributed by atoms with Crippen molar-refractivity contribution in [3.05, 3.63) is 60.3 Å². The number of aromatic amines is 1. The van der Waals surface area contributed by atoms with Crippen molar-refractivity contribution in [3.8, 4) is 5.75 Å². The highest BCUT2D eigenvalue weighted by Gasteiger charge is 2.32. The van der Waals surface area contributed by atoms with Crippen LogP contribution in [0.15, 0.2) is 59.7 Å². The van der Waals surface area contributed by atoms with E-state index in [4.69, 9.17) is 9.73 Å². The van der Waals surface area contributed by atoms with Gasteiger partial charge in [0.2, 0.25) is 5.96 Å². The number of guanidine groups is 1. The summed E-state index contributed by atoms with van der Waals surface area (Å²) in [7, 11) is 0. The van der Waals surface area contributed by atoms with Crippen LogP contribution in [0.5, 0.6) is 5.75 Å². The highest BCUT2D eigenvalue weighted by Crippen LogP contribution is 2.30. The molecule has 8 nitrogen and oxygen atoms in total. The summed E-state index contributed by atoms with van der Waals surface area (Å²) in [5, 5.41) is 14.7. The minimum Gasteiger partial charge on any atom is -0.406 e. The van der Waals surface area contributed by atoms with E-state index < -0.39 is 12.0 Å². The first-order valence-corrected chi connectivity index (χ1v) is 10.8. The number of morpholine rings is 1. The topological polar surface area (TPSA) is 86.8 Å². The zero-order valence-electron chi connectivity index (χ0n) is 18.3. The van der Waals surface area contributed by atoms with E-state index in [0.29, 0.717) is 43.5 Å². The summed E-state index contributed by atoms with van der Waals surface area (Å²) in [6.45, 7) is 4.33. The lowest BCUT2D eigenvalue weighted by atomic mass is 10.0. The fourth-order valence-corrected chi connectivity index (χ4v) is 4.04. The number of rotatable bonds is 4. The average Bonchev–Trinajstić information content (AvgIpc) is 3.26. The Kier molecular flexibility index (Phi) is 5.56. The maximum atomic E-state index is 12.8. The molecule has 2 aromatic carbocycles. The van der Waals surface area contributed by atoms with E-state index in [1.807, 2.05) is 31.2 Å². The van der Waals surface area contributed by atoms with Crippen LogP contribution in [0.1, 0.15) is 12.5 Å². The van der Waals surface area contributed by atoms with E-state index in [0.717, 1.165) is 16.6 Å². The molecule has 2 aliphatic heterocycles. The normalized spacial score (nSPS) is 21.0. The predicted octanol–water partition coefficient (Wildman–Crippen LogP) is 3.92. The molecule has 3 N–H and O–H groups in total. The molecule has 0 amide bonds. The van der Waals surface area contributed by atoms with Gasteiger partial charge in [0.1, 0.15) is 5.75 Å². The predicted molar refractivity (Wildman–Crippen MR) is 122 cm³/mol. The molecule has 1 fully saturated rings. The molecule has 2 aliphatic rings. The number of benzene rings is 2. The SMILES string of the molecule is CC1(Nc2ccc3[nH]ncc3c2)C=C(c2cccc(OC(F)(F)F)c2)NC(N2CCOCC2)=N1. The lowest BCUT2D eigenvalue weighted by Crippen LogP contribution is -2.51. The molecule has 3 aromatic rings. The largest absolute Gasteiger partial charge is 0.573 e. The third kappa shape index (κ3) is 4.93. The number of hydrogen-bond acceptors (Lipinski definition) is 7. The lowest BCUT2D eigenvalue weighted by Gasteiger charge is -2.37. The maximum absolute atomic E-state index is 12.8. The zero-order valence-corrected chi connectivity index (χ0v) is 18.3. The minimum atomic E-state index is -4.77. The van der Waals surface area contributed by atoms with Gasteiger partial charge in [0.05, 0.1) is 24.9 Å². The Morgan fingerprint density at radius 1 is 1.15 bits per heavy atom. The van der Waals surface area contributed by atoms with Crippen molar-refractivity contribution in [2.24, 2.45) is 4.99 Å². The van der Waals surface area contributed by atoms with Gasteiger partial charge in [-0.05, 0) is 43.3 Å². The van der Waals surface area contributed by atoms with E-state index in [1.165, 1.54) is 18.2 Å². The molecule has 1 atom stereocenters. The van der Waals surface area contributed by atoms with Crippen LogP contribution in [-0.4, -0.2) is 59.4 Å². The van der Waals surface area contributed by atoms with Gasteiger partial charge in [-0.2, -0.15) is 5.10 Å². The summed E-state index contributed by atoms with van der Waals surface area (Å²) in [5.41, 5.74) is 2.01. The van der Waals surface area contributed by atoms with Crippen molar-refractivity contribution in [1.82, 2.24) is 20.4 Å². The zero-order chi connectivity index (χ0) is 23.8. The number of halogens is 3. The monoisotopic (exact) mass is 472 g/mol. The first-order chi connectivity index (χ1) is 16.3. The van der Waals surface area contributed by atoms with Crippen LogP contribution in [-0.2, 0) is 4.74 Å². The van der Waals surface area contributed by atoms with Crippen LogP contribution in [0, 0.1) is 0 Å². The summed E-state index contributed by atoms with van der Waals surface area (Å²) in [6.07, 6.45) is -1.18. The van der Waals surface area contributed by atoms with Gasteiger partial charge in [0.15, 0.2) is 5.66 Å². The molecule has 0 bridgehead atoms. The van der Waals surface area contributed by atoms with Crippen molar-refractivity contribution in [2.45, 2.75) is 18.9 Å². The maximum Gasteiger partial charge on any atom is 0.573 e. The first kappa shape index (κ1) is 22.1. The van der Waals surface area contributed by atoms with Gasteiger partial charge < -0.3 is 25.0 Å². The standard InChI is InChI=1S/C23H23F3N6O2/c1-22(29-17-5-6-19-16(11-17)14-27-31-19)13-20(28-21(30-22)32-7-9-33-10-8-32)15-3-2-4-18(12-15)34-23(24,25)26/h2-6,11-14,29H,7-10H2,1H3,(H,27,31)(H,28,30). The smallest absolute Gasteiger partial charge is 0.406 e. The Balaban J connectivity index is 1.50. The molecule has 0 aliphatic carbocycles. The van der Waals surface area contributed by atoms with Crippen LogP contribution >= 0.6 is 0 Å². The third-order valence-electron chi connectivity index (χ3n) is 5.54. The molecule has 3 heterocycles. The average molecular weight is 472 g/mol. The molecule has 0 spiro atoms. The first-order valence-electron chi connectivity index (χ1n) is 10.8. The van der Waals surface area contributed by atoms with Crippen molar-refractivity contribution >= 4 is 28.2 Å². The van der Waals surface area contributed by atoms with Crippen molar-refractivity contribution in [1.29, 1.82) is 0 Å². The Bertz CT molecular complexity index is 1250. The molecule has 1 aromatic heterocycles. The van der Waals surface area contributed by atoms with Crippen LogP contribution in [0.25, 0.3) is 16.6 Å². The molecule has 0 radical (unpaired) electrons. The quantitative estimate of drug-likeness (QED) is 0.534. The highest BCUT2D eigenvalue weighted by molar-refractivity contribution is 5.92. The van der Waals surface area contributed by atoms with Crippen LogP contribution in [0.3, 0.4) is 0 Å². The van der Waals surface area contributed by atoms with Gasteiger partial charge in [0, 0.05) is 35.4 Å². The summed E-state index contributed by atoms with van der Waals surface area (Å²) in [6, 6.07) is 11.7. The van der Waals surface area contributed by atoms with E-state index in [-0.39, 0.29) is 5.75 Å². The second-order valence-electron chi connectivity index (χ2n) is 8.24. The molecular weight excluding hydrogens is 449 g/mol. The van der Waals surface area contributed by atoms with Crippen molar-refractivity contribution < 1.29 is 22.6 Å². The molecule has 34 heavy (non-hydrogen) atoms. The molecule has 1 unspecified atom stereocenters. The number of hydrogen-bond donors (Lipinski definition) is 3. The molecule has 178 valence electrons. The minimum absolute atomic E-state index is 0.289. The Morgan fingerprint density at radius 2 is 1.97 bits per heavy atom. The van der Waals surface area contributed by atoms with Gasteiger partial charge in [-0.3, -0.25) is 5.10 Å². The Morgan fingerprint density at radius 3 is 2.76 bits per heavy atom. The van der Waals surface area contributed by atoms with Crippen LogP contribution in [0.2, 0.25) is 0 Å². The number of ether oxygens (including phenoxy) is 2. The van der Waals surface area contributed by atoms with Gasteiger partial charge in [-0.15, -0.1) is 13.2 Å². The third-order valence-corrected chi connectivity index (χ3v) is 5.54. The van der Waals surface area contributed by atoms with Crippen molar-refractivity contribution in [2.75, 3.05) is 31.6 Å². The second-order valence-corrected chi connectivity index (χ2v) is 8.24. The fraction of sp³-hybridized carbons (Fsp3) is 0.304. The number of fused-ring (bicyclic) bond motifs is 1. The summed E-state index contributed by atoms with van der Waals surface area (Å²) in [5.74, 6) is 0.325. The van der Waals surface area contributed by atoms with Gasteiger partial charge in [-0.1, -0.05) is 12.1 Å². The number of aromatic nitrogens is 2. The summed E-state index contributed by atoms with van der Waals surface area (Å²) < 4.78 is 47.9. The number of nitrogens with one attached hydrogen (secondary N) is 3. The number of anilines is 1. The summed E-state index contributed by atoms with van der Waals surface area (Å²) >= 11 is 0. The van der Waals surface area contributed by atoms with E-state index >= 15 is 0 Å². The lowest BCUT2D eigenvalue weighted by molar-refractivity contribution is -0.274. The van der Waals surface area contributed by atoms with E-state index in [1.54, 1.807) is 12.3 Å². The Hall–Kier alpha value is -3.73. The second kappa shape index (κ2) is 8.56. The number of H-pyrrole nitrogens is 1. The molecule has 1 saturated heterocycles. The molecular formula is C23H23F3N6O2. The van der Waals surface area contributed by atoms with E-state index in [9.17, 15) is 13.2 Å². The summed E-state index contributed by atoms with van der Waals surface area (Å²) in [4.78, 5) is 6.97. The van der Waals surface area contributed by atoms with Gasteiger partial charge >= 0.3 is 6.36 Å². The van der Waals surface area contributed by atoms with Crippen molar-refractivity contribution in [3.63, 3.8) is 0 Å². The van der Waals surface area contributed by atoms with Crippen LogP contribution < -0.4 is 15.4 Å².